The van der Waals surface area contributed by atoms with Crippen LogP contribution in [0.4, 0.5) is 5.69 Å². The topological polar surface area (TPSA) is 62.6 Å². The van der Waals surface area contributed by atoms with Gasteiger partial charge in [-0.25, -0.2) is 0 Å². The Balaban J connectivity index is 1.57. The van der Waals surface area contributed by atoms with Crippen molar-refractivity contribution in [3.63, 3.8) is 0 Å². The summed E-state index contributed by atoms with van der Waals surface area (Å²) in [6.07, 6.45) is 0. The molecule has 0 saturated carbocycles. The molecular weight excluding hydrogens is 370 g/mol. The van der Waals surface area contributed by atoms with Crippen molar-refractivity contribution in [3.8, 4) is 0 Å². The Morgan fingerprint density at radius 3 is 2.11 bits per heavy atom. The molecule has 0 aliphatic carbocycles. The molecule has 0 fully saturated rings. The Hall–Kier alpha value is -2.31. The molecule has 0 radical (unpaired) electrons. The van der Waals surface area contributed by atoms with Crippen molar-refractivity contribution in [2.45, 2.75) is 19.6 Å². The zero-order valence-electron chi connectivity index (χ0n) is 16.9. The number of rotatable bonds is 10. The number of hydrogen-bond donors (Lipinski definition) is 3. The lowest BCUT2D eigenvalue weighted by molar-refractivity contribution is -0.862. The van der Waals surface area contributed by atoms with Crippen LogP contribution in [0.3, 0.4) is 0 Å². The second-order valence-electron chi connectivity index (χ2n) is 7.11. The fourth-order valence-corrected chi connectivity index (χ4v) is 3.47. The summed E-state index contributed by atoms with van der Waals surface area (Å²) in [6.45, 7) is 5.26. The molecule has 0 saturated heterocycles. The monoisotopic (exact) mass is 400 g/mol. The van der Waals surface area contributed by atoms with Crippen LogP contribution in [0.1, 0.15) is 16.7 Å². The largest absolute Gasteiger partial charge is 0.350 e. The van der Waals surface area contributed by atoms with Crippen molar-refractivity contribution in [1.29, 1.82) is 0 Å². The van der Waals surface area contributed by atoms with Crippen LogP contribution in [0, 0.1) is 13.8 Å². The van der Waals surface area contributed by atoms with E-state index in [9.17, 15) is 9.59 Å². The van der Waals surface area contributed by atoms with Crippen molar-refractivity contribution in [3.05, 3.63) is 65.2 Å². The number of aryl methyl sites for hydroxylation is 2. The van der Waals surface area contributed by atoms with Gasteiger partial charge in [0.25, 0.3) is 11.8 Å². The van der Waals surface area contributed by atoms with Crippen LogP contribution >= 0.6 is 11.8 Å². The van der Waals surface area contributed by atoms with Crippen LogP contribution in [0.25, 0.3) is 0 Å². The maximum absolute atomic E-state index is 12.1. The highest BCUT2D eigenvalue weighted by Gasteiger charge is 2.14. The number of carbonyl (C=O) groups is 2. The summed E-state index contributed by atoms with van der Waals surface area (Å²) in [5, 5.41) is 5.78. The third-order valence-electron chi connectivity index (χ3n) is 4.22. The first kappa shape index (κ1) is 22.0. The van der Waals surface area contributed by atoms with Crippen molar-refractivity contribution in [2.75, 3.05) is 37.8 Å². The molecule has 6 heteroatoms. The zero-order chi connectivity index (χ0) is 20.4. The molecule has 2 aromatic rings. The van der Waals surface area contributed by atoms with Crippen molar-refractivity contribution in [2.24, 2.45) is 0 Å². The summed E-state index contributed by atoms with van der Waals surface area (Å²) in [7, 11) is 1.85. The van der Waals surface area contributed by atoms with Gasteiger partial charge in [0.15, 0.2) is 13.1 Å². The number of amides is 2. The number of quaternary nitrogens is 1. The Morgan fingerprint density at radius 1 is 0.893 bits per heavy atom. The van der Waals surface area contributed by atoms with Crippen LogP contribution < -0.4 is 15.5 Å². The van der Waals surface area contributed by atoms with Crippen LogP contribution in [0.5, 0.6) is 0 Å². The second kappa shape index (κ2) is 11.5. The fraction of sp³-hybridized carbons (Fsp3) is 0.364. The van der Waals surface area contributed by atoms with Crippen LogP contribution in [-0.2, 0) is 15.3 Å². The second-order valence-corrected chi connectivity index (χ2v) is 8.22. The highest BCUT2D eigenvalue weighted by molar-refractivity contribution is 7.98. The van der Waals surface area contributed by atoms with Crippen molar-refractivity contribution >= 4 is 29.3 Å². The highest BCUT2D eigenvalue weighted by atomic mass is 32.2. The predicted octanol–water partition coefficient (Wildman–Crippen LogP) is 1.81. The minimum atomic E-state index is -0.0946. The molecule has 1 unspecified atom stereocenters. The van der Waals surface area contributed by atoms with E-state index < -0.39 is 0 Å². The summed E-state index contributed by atoms with van der Waals surface area (Å²) >= 11 is 1.80. The van der Waals surface area contributed by atoms with E-state index in [0.29, 0.717) is 6.54 Å². The molecule has 5 nitrogen and oxygen atoms in total. The third kappa shape index (κ3) is 8.59. The number of anilines is 1. The summed E-state index contributed by atoms with van der Waals surface area (Å²) in [5.74, 6) is 1.69. The van der Waals surface area contributed by atoms with E-state index >= 15 is 0 Å². The van der Waals surface area contributed by atoms with Gasteiger partial charge in [-0.05, 0) is 31.5 Å². The normalized spacial score (nSPS) is 11.7. The van der Waals surface area contributed by atoms with E-state index in [0.717, 1.165) is 27.7 Å². The van der Waals surface area contributed by atoms with E-state index in [1.807, 2.05) is 38.2 Å². The minimum absolute atomic E-state index is 0.0310. The van der Waals surface area contributed by atoms with E-state index in [1.165, 1.54) is 11.1 Å². The molecule has 3 N–H and O–H groups in total. The predicted molar refractivity (Wildman–Crippen MR) is 117 cm³/mol. The molecule has 2 aromatic carbocycles. The standard InChI is InChI=1S/C22H29N3O2S/c1-17-4-8-19(9-5-17)16-28-13-12-23-21(26)14-25(3)15-22(27)24-20-10-6-18(2)7-11-20/h4-11H,12-16H2,1-3H3,(H,23,26)(H,24,27)/p+1. The minimum Gasteiger partial charge on any atom is -0.350 e. The third-order valence-corrected chi connectivity index (χ3v) is 5.25. The van der Waals surface area contributed by atoms with Gasteiger partial charge in [-0.15, -0.1) is 0 Å². The first-order valence-corrected chi connectivity index (χ1v) is 10.7. The van der Waals surface area contributed by atoms with Crippen LogP contribution in [0.2, 0.25) is 0 Å². The lowest BCUT2D eigenvalue weighted by Gasteiger charge is -2.14. The lowest BCUT2D eigenvalue weighted by atomic mass is 10.2. The van der Waals surface area contributed by atoms with E-state index in [1.54, 1.807) is 11.8 Å². The molecule has 2 amide bonds. The molecule has 0 heterocycles. The zero-order valence-corrected chi connectivity index (χ0v) is 17.7. The van der Waals surface area contributed by atoms with Gasteiger partial charge in [0.1, 0.15) is 0 Å². The SMILES string of the molecule is Cc1ccc(CSCCNC(=O)C[NH+](C)CC(=O)Nc2ccc(C)cc2)cc1. The Kier molecular flexibility index (Phi) is 9.04. The van der Waals surface area contributed by atoms with Crippen LogP contribution in [0.15, 0.2) is 48.5 Å². The summed E-state index contributed by atoms with van der Waals surface area (Å²) in [5.41, 5.74) is 4.48. The van der Waals surface area contributed by atoms with E-state index in [4.69, 9.17) is 0 Å². The number of hydrogen-bond acceptors (Lipinski definition) is 3. The fourth-order valence-electron chi connectivity index (χ4n) is 2.65. The Morgan fingerprint density at radius 2 is 1.46 bits per heavy atom. The smallest absolute Gasteiger partial charge is 0.279 e. The molecular formula is C22H30N3O2S+. The van der Waals surface area contributed by atoms with Gasteiger partial charge in [-0.2, -0.15) is 11.8 Å². The molecule has 150 valence electrons. The highest BCUT2D eigenvalue weighted by Crippen LogP contribution is 2.12. The molecule has 0 bridgehead atoms. The van der Waals surface area contributed by atoms with Gasteiger partial charge in [-0.3, -0.25) is 9.59 Å². The molecule has 28 heavy (non-hydrogen) atoms. The number of nitrogens with one attached hydrogen (secondary N) is 3. The Labute approximate surface area is 171 Å². The maximum atomic E-state index is 12.1. The maximum Gasteiger partial charge on any atom is 0.279 e. The summed E-state index contributed by atoms with van der Waals surface area (Å²) in [6, 6.07) is 16.2. The van der Waals surface area contributed by atoms with E-state index in [-0.39, 0.29) is 24.9 Å². The molecule has 0 aromatic heterocycles. The Bertz CT molecular complexity index is 760. The summed E-state index contributed by atoms with van der Waals surface area (Å²) < 4.78 is 0. The average molecular weight is 401 g/mol. The molecule has 0 aliphatic rings. The number of likely N-dealkylation sites (N-methyl/N-ethyl adjacent to an activating group) is 1. The molecule has 2 rings (SSSR count). The number of carbonyl (C=O) groups excluding carboxylic acids is 2. The van der Waals surface area contributed by atoms with Crippen molar-refractivity contribution in [1.82, 2.24) is 5.32 Å². The van der Waals surface area contributed by atoms with Gasteiger partial charge in [-0.1, -0.05) is 47.5 Å². The van der Waals surface area contributed by atoms with Crippen molar-refractivity contribution < 1.29 is 14.5 Å². The first-order chi connectivity index (χ1) is 13.4. The summed E-state index contributed by atoms with van der Waals surface area (Å²) in [4.78, 5) is 25.0. The van der Waals surface area contributed by atoms with E-state index in [2.05, 4.69) is 41.8 Å². The molecule has 1 atom stereocenters. The van der Waals surface area contributed by atoms with Gasteiger partial charge in [0, 0.05) is 23.7 Å². The quantitative estimate of drug-likeness (QED) is 0.533. The van der Waals surface area contributed by atoms with Gasteiger partial charge >= 0.3 is 0 Å². The first-order valence-electron chi connectivity index (χ1n) is 9.50. The number of thioether (sulfide) groups is 1. The number of benzene rings is 2. The average Bonchev–Trinajstić information content (AvgIpc) is 2.64. The van der Waals surface area contributed by atoms with Gasteiger partial charge < -0.3 is 15.5 Å². The van der Waals surface area contributed by atoms with Gasteiger partial charge in [0.2, 0.25) is 0 Å². The molecule has 0 spiro atoms. The van der Waals surface area contributed by atoms with Crippen LogP contribution in [-0.4, -0.2) is 44.2 Å². The van der Waals surface area contributed by atoms with Gasteiger partial charge in [0.05, 0.1) is 7.05 Å². The molecule has 0 aliphatic heterocycles. The lowest BCUT2D eigenvalue weighted by Crippen LogP contribution is -3.11.